The third-order valence-corrected chi connectivity index (χ3v) is 3.20. The Kier molecular flexibility index (Phi) is 5.46. The van der Waals surface area contributed by atoms with Gasteiger partial charge in [-0.05, 0) is 39.2 Å². The van der Waals surface area contributed by atoms with Crippen molar-refractivity contribution in [1.82, 2.24) is 10.2 Å². The van der Waals surface area contributed by atoms with Crippen LogP contribution in [-0.4, -0.2) is 34.0 Å². The van der Waals surface area contributed by atoms with E-state index in [1.54, 1.807) is 13.8 Å². The molecule has 1 rings (SSSR count). The van der Waals surface area contributed by atoms with Gasteiger partial charge in [-0.1, -0.05) is 13.8 Å². The van der Waals surface area contributed by atoms with E-state index in [9.17, 15) is 10.4 Å². The zero-order valence-electron chi connectivity index (χ0n) is 13.1. The maximum atomic E-state index is 10.00. The van der Waals surface area contributed by atoms with Gasteiger partial charge >= 0.3 is 0 Å². The number of aryl methyl sites for hydroxylation is 1. The van der Waals surface area contributed by atoms with Crippen molar-refractivity contribution in [3.8, 4) is 6.07 Å². The van der Waals surface area contributed by atoms with Gasteiger partial charge in [0.2, 0.25) is 0 Å². The van der Waals surface area contributed by atoms with Crippen LogP contribution in [0.1, 0.15) is 51.4 Å². The van der Waals surface area contributed by atoms with Gasteiger partial charge in [0.05, 0.1) is 11.3 Å². The summed E-state index contributed by atoms with van der Waals surface area (Å²) in [5.74, 6) is 0.575. The molecule has 0 aliphatic carbocycles. The molecule has 0 atom stereocenters. The second-order valence-electron chi connectivity index (χ2n) is 5.47. The molecule has 110 valence electrons. The Bertz CT molecular complexity index is 500. The first-order valence-electron chi connectivity index (χ1n) is 7.13. The van der Waals surface area contributed by atoms with Gasteiger partial charge in [0.15, 0.2) is 5.82 Å². The van der Waals surface area contributed by atoms with Gasteiger partial charge in [0.1, 0.15) is 11.6 Å². The minimum absolute atomic E-state index is 0.418. The first-order valence-corrected chi connectivity index (χ1v) is 7.13. The zero-order chi connectivity index (χ0) is 15.3. The van der Waals surface area contributed by atoms with Crippen LogP contribution in [0.3, 0.4) is 0 Å². The van der Waals surface area contributed by atoms with Gasteiger partial charge in [-0.3, -0.25) is 0 Å². The van der Waals surface area contributed by atoms with E-state index < -0.39 is 5.60 Å². The van der Waals surface area contributed by atoms with Crippen molar-refractivity contribution in [2.45, 2.75) is 53.1 Å². The maximum absolute atomic E-state index is 10.00. The molecule has 20 heavy (non-hydrogen) atoms. The summed E-state index contributed by atoms with van der Waals surface area (Å²) in [5.41, 5.74) is 1.59. The van der Waals surface area contributed by atoms with E-state index in [-0.39, 0.29) is 0 Å². The van der Waals surface area contributed by atoms with Crippen LogP contribution < -0.4 is 4.90 Å². The van der Waals surface area contributed by atoms with Crippen LogP contribution in [-0.2, 0) is 12.8 Å². The number of anilines is 1. The summed E-state index contributed by atoms with van der Waals surface area (Å²) in [7, 11) is 0. The standard InChI is InChI=1S/C15H24N4O/c1-6-11-12(9-16)14(18-17-13(11)7-2)19(8-3)10-15(4,5)20/h20H,6-8,10H2,1-5H3. The Morgan fingerprint density at radius 1 is 1.20 bits per heavy atom. The van der Waals surface area contributed by atoms with Crippen LogP contribution in [0.25, 0.3) is 0 Å². The summed E-state index contributed by atoms with van der Waals surface area (Å²) in [6.45, 7) is 10.6. The van der Waals surface area contributed by atoms with E-state index in [0.29, 0.717) is 24.5 Å². The number of nitriles is 1. The van der Waals surface area contributed by atoms with Gasteiger partial charge in [-0.15, -0.1) is 5.10 Å². The van der Waals surface area contributed by atoms with Crippen molar-refractivity contribution in [2.24, 2.45) is 0 Å². The lowest BCUT2D eigenvalue weighted by atomic mass is 10.0. The van der Waals surface area contributed by atoms with E-state index in [4.69, 9.17) is 0 Å². The third-order valence-electron chi connectivity index (χ3n) is 3.20. The quantitative estimate of drug-likeness (QED) is 0.861. The Labute approximate surface area is 121 Å². The zero-order valence-corrected chi connectivity index (χ0v) is 13.1. The lowest BCUT2D eigenvalue weighted by Crippen LogP contribution is -2.39. The highest BCUT2D eigenvalue weighted by Gasteiger charge is 2.23. The Morgan fingerprint density at radius 2 is 1.85 bits per heavy atom. The lowest BCUT2D eigenvalue weighted by Gasteiger charge is -2.29. The van der Waals surface area contributed by atoms with Crippen LogP contribution in [0, 0.1) is 11.3 Å². The largest absolute Gasteiger partial charge is 0.389 e. The predicted molar refractivity (Wildman–Crippen MR) is 79.7 cm³/mol. The second kappa shape index (κ2) is 6.67. The molecule has 0 unspecified atom stereocenters. The van der Waals surface area contributed by atoms with Gasteiger partial charge < -0.3 is 10.0 Å². The molecule has 1 aromatic heterocycles. The van der Waals surface area contributed by atoms with E-state index in [1.807, 2.05) is 25.7 Å². The fraction of sp³-hybridized carbons (Fsp3) is 0.667. The van der Waals surface area contributed by atoms with E-state index in [1.165, 1.54) is 0 Å². The summed E-state index contributed by atoms with van der Waals surface area (Å²) in [5, 5.41) is 28.0. The van der Waals surface area contributed by atoms with Crippen LogP contribution in [0.5, 0.6) is 0 Å². The minimum atomic E-state index is -0.847. The number of rotatable bonds is 6. The molecule has 0 aliphatic heterocycles. The van der Waals surface area contributed by atoms with Crippen molar-refractivity contribution < 1.29 is 5.11 Å². The average molecular weight is 276 g/mol. The molecule has 0 radical (unpaired) electrons. The molecule has 0 spiro atoms. The Morgan fingerprint density at radius 3 is 2.25 bits per heavy atom. The van der Waals surface area contributed by atoms with E-state index in [0.717, 1.165) is 24.1 Å². The molecule has 0 saturated heterocycles. The van der Waals surface area contributed by atoms with E-state index >= 15 is 0 Å². The number of nitrogens with zero attached hydrogens (tertiary/aromatic N) is 4. The molecule has 1 aromatic rings. The third kappa shape index (κ3) is 3.67. The predicted octanol–water partition coefficient (Wildman–Crippen LogP) is 2.07. The number of hydrogen-bond donors (Lipinski definition) is 1. The summed E-state index contributed by atoms with van der Waals surface area (Å²) in [6, 6.07) is 2.26. The van der Waals surface area contributed by atoms with Gasteiger partial charge in [0, 0.05) is 13.1 Å². The molecule has 0 aromatic carbocycles. The highest BCUT2D eigenvalue weighted by Crippen LogP contribution is 2.24. The number of aliphatic hydroxyl groups is 1. The van der Waals surface area contributed by atoms with Crippen LogP contribution in [0.15, 0.2) is 0 Å². The average Bonchev–Trinajstić information content (AvgIpc) is 2.41. The van der Waals surface area contributed by atoms with Gasteiger partial charge in [-0.25, -0.2) is 0 Å². The minimum Gasteiger partial charge on any atom is -0.389 e. The fourth-order valence-electron chi connectivity index (χ4n) is 2.30. The smallest absolute Gasteiger partial charge is 0.169 e. The Hall–Kier alpha value is -1.67. The molecular weight excluding hydrogens is 252 g/mol. The second-order valence-corrected chi connectivity index (χ2v) is 5.47. The summed E-state index contributed by atoms with van der Waals surface area (Å²) < 4.78 is 0. The van der Waals surface area contributed by atoms with Crippen molar-refractivity contribution in [3.05, 3.63) is 16.8 Å². The molecular formula is C15H24N4O. The highest BCUT2D eigenvalue weighted by atomic mass is 16.3. The topological polar surface area (TPSA) is 73.0 Å². The molecule has 5 heteroatoms. The van der Waals surface area contributed by atoms with Crippen LogP contribution in [0.2, 0.25) is 0 Å². The monoisotopic (exact) mass is 276 g/mol. The summed E-state index contributed by atoms with van der Waals surface area (Å²) >= 11 is 0. The first kappa shape index (κ1) is 16.4. The lowest BCUT2D eigenvalue weighted by molar-refractivity contribution is 0.0873. The van der Waals surface area contributed by atoms with E-state index in [2.05, 4.69) is 16.3 Å². The number of hydrogen-bond acceptors (Lipinski definition) is 5. The van der Waals surface area contributed by atoms with Crippen molar-refractivity contribution in [1.29, 1.82) is 5.26 Å². The Balaban J connectivity index is 3.33. The molecule has 5 nitrogen and oxygen atoms in total. The van der Waals surface area contributed by atoms with Crippen molar-refractivity contribution in [3.63, 3.8) is 0 Å². The maximum Gasteiger partial charge on any atom is 0.169 e. The van der Waals surface area contributed by atoms with Gasteiger partial charge in [-0.2, -0.15) is 10.4 Å². The number of likely N-dealkylation sites (N-methyl/N-ethyl adjacent to an activating group) is 1. The van der Waals surface area contributed by atoms with Crippen molar-refractivity contribution >= 4 is 5.82 Å². The molecule has 1 heterocycles. The molecule has 0 aliphatic rings. The fourth-order valence-corrected chi connectivity index (χ4v) is 2.30. The molecule has 0 saturated carbocycles. The molecule has 0 bridgehead atoms. The first-order chi connectivity index (χ1) is 9.37. The molecule has 0 amide bonds. The van der Waals surface area contributed by atoms with Gasteiger partial charge in [0.25, 0.3) is 0 Å². The SMILES string of the molecule is CCc1nnc(N(CC)CC(C)(C)O)c(C#N)c1CC. The van der Waals surface area contributed by atoms with Crippen LogP contribution in [0.4, 0.5) is 5.82 Å². The molecule has 0 fully saturated rings. The normalized spacial score (nSPS) is 11.2. The molecule has 1 N–H and O–H groups in total. The highest BCUT2D eigenvalue weighted by molar-refractivity contribution is 5.58. The van der Waals surface area contributed by atoms with Crippen LogP contribution >= 0.6 is 0 Å². The number of aromatic nitrogens is 2. The summed E-state index contributed by atoms with van der Waals surface area (Å²) in [4.78, 5) is 1.91. The summed E-state index contributed by atoms with van der Waals surface area (Å²) in [6.07, 6.45) is 1.53. The van der Waals surface area contributed by atoms with Crippen molar-refractivity contribution in [2.75, 3.05) is 18.0 Å².